The summed E-state index contributed by atoms with van der Waals surface area (Å²) >= 11 is 0. The van der Waals surface area contributed by atoms with Crippen LogP contribution in [-0.4, -0.2) is 16.8 Å². The van der Waals surface area contributed by atoms with Crippen molar-refractivity contribution in [3.8, 4) is 5.69 Å². The Bertz CT molecular complexity index is 1070. The van der Waals surface area contributed by atoms with E-state index in [1.54, 1.807) is 6.21 Å². The molecular formula is C25H30N4O. The zero-order valence-corrected chi connectivity index (χ0v) is 18.6. The van der Waals surface area contributed by atoms with Gasteiger partial charge in [-0.15, -0.1) is 0 Å². The predicted octanol–water partition coefficient (Wildman–Crippen LogP) is 5.86. The Labute approximate surface area is 178 Å². The molecule has 0 aliphatic carbocycles. The lowest BCUT2D eigenvalue weighted by atomic mass is 9.87. The molecular weight excluding hydrogens is 372 g/mol. The van der Waals surface area contributed by atoms with Gasteiger partial charge in [0.25, 0.3) is 0 Å². The van der Waals surface area contributed by atoms with E-state index in [4.69, 9.17) is 0 Å². The van der Waals surface area contributed by atoms with Gasteiger partial charge in [0, 0.05) is 28.3 Å². The molecule has 1 heterocycles. The molecule has 0 aliphatic heterocycles. The predicted molar refractivity (Wildman–Crippen MR) is 125 cm³/mol. The lowest BCUT2D eigenvalue weighted by molar-refractivity contribution is 0.252. The fraction of sp³-hybridized carbons (Fsp3) is 0.280. The summed E-state index contributed by atoms with van der Waals surface area (Å²) in [5, 5.41) is 6.89. The number of urea groups is 1. The minimum absolute atomic E-state index is 0.127. The van der Waals surface area contributed by atoms with E-state index < -0.39 is 0 Å². The van der Waals surface area contributed by atoms with Crippen molar-refractivity contribution in [2.45, 2.75) is 47.0 Å². The molecule has 1 aromatic heterocycles. The number of rotatable bonds is 4. The Hall–Kier alpha value is -3.34. The first-order chi connectivity index (χ1) is 14.1. The number of carbonyl (C=O) groups is 1. The average molecular weight is 403 g/mol. The zero-order valence-electron chi connectivity index (χ0n) is 18.6. The standard InChI is InChI=1S/C25H30N4O/c1-17-8-7-9-22(14-17)27-24(30)28-26-16-20-15-18(2)29(19(20)3)23-12-10-21(11-13-23)25(4,5)6/h7-16H,1-6H3,(H2,27,28,30)/b26-16+. The summed E-state index contributed by atoms with van der Waals surface area (Å²) in [6.07, 6.45) is 1.68. The van der Waals surface area contributed by atoms with E-state index >= 15 is 0 Å². The molecule has 5 heteroatoms. The number of hydrogen-bond donors (Lipinski definition) is 2. The summed E-state index contributed by atoms with van der Waals surface area (Å²) in [4.78, 5) is 12.1. The molecule has 5 nitrogen and oxygen atoms in total. The van der Waals surface area contributed by atoms with Crippen molar-refractivity contribution in [2.24, 2.45) is 5.10 Å². The summed E-state index contributed by atoms with van der Waals surface area (Å²) in [6, 6.07) is 18.0. The second-order valence-electron chi connectivity index (χ2n) is 8.65. The minimum atomic E-state index is -0.372. The number of amides is 2. The first-order valence-corrected chi connectivity index (χ1v) is 10.1. The summed E-state index contributed by atoms with van der Waals surface area (Å²) < 4.78 is 2.20. The van der Waals surface area contributed by atoms with E-state index in [-0.39, 0.29) is 11.4 Å². The first kappa shape index (κ1) is 21.4. The maximum Gasteiger partial charge on any atom is 0.339 e. The zero-order chi connectivity index (χ0) is 21.9. The summed E-state index contributed by atoms with van der Waals surface area (Å²) in [5.41, 5.74) is 10.0. The van der Waals surface area contributed by atoms with Crippen LogP contribution in [0.3, 0.4) is 0 Å². The molecule has 156 valence electrons. The number of carbonyl (C=O) groups excluding carboxylic acids is 1. The van der Waals surface area contributed by atoms with Gasteiger partial charge in [-0.2, -0.15) is 5.10 Å². The monoisotopic (exact) mass is 402 g/mol. The van der Waals surface area contributed by atoms with E-state index in [0.29, 0.717) is 0 Å². The average Bonchev–Trinajstić information content (AvgIpc) is 2.94. The highest BCUT2D eigenvalue weighted by Gasteiger charge is 2.14. The van der Waals surface area contributed by atoms with Crippen LogP contribution in [0.2, 0.25) is 0 Å². The van der Waals surface area contributed by atoms with E-state index in [1.807, 2.05) is 31.2 Å². The van der Waals surface area contributed by atoms with Crippen LogP contribution >= 0.6 is 0 Å². The smallest absolute Gasteiger partial charge is 0.318 e. The molecule has 0 aliphatic rings. The Kier molecular flexibility index (Phi) is 6.11. The first-order valence-electron chi connectivity index (χ1n) is 10.1. The number of hydrogen-bond acceptors (Lipinski definition) is 2. The molecule has 0 saturated heterocycles. The fourth-order valence-corrected chi connectivity index (χ4v) is 3.47. The molecule has 0 bridgehead atoms. The van der Waals surface area contributed by atoms with Gasteiger partial charge >= 0.3 is 6.03 Å². The third-order valence-electron chi connectivity index (χ3n) is 5.11. The van der Waals surface area contributed by atoms with Crippen molar-refractivity contribution in [1.82, 2.24) is 9.99 Å². The van der Waals surface area contributed by atoms with Crippen molar-refractivity contribution >= 4 is 17.9 Å². The largest absolute Gasteiger partial charge is 0.339 e. The molecule has 0 radical (unpaired) electrons. The Balaban J connectivity index is 1.71. The number of aryl methyl sites for hydroxylation is 2. The molecule has 2 N–H and O–H groups in total. The molecule has 3 rings (SSSR count). The van der Waals surface area contributed by atoms with Crippen LogP contribution in [0, 0.1) is 20.8 Å². The Morgan fingerprint density at radius 2 is 1.70 bits per heavy atom. The second kappa shape index (κ2) is 8.57. The lowest BCUT2D eigenvalue weighted by Crippen LogP contribution is -2.24. The van der Waals surface area contributed by atoms with Crippen LogP contribution < -0.4 is 10.7 Å². The molecule has 2 aromatic carbocycles. The highest BCUT2D eigenvalue weighted by molar-refractivity contribution is 5.90. The molecule has 0 unspecified atom stereocenters. The third-order valence-corrected chi connectivity index (χ3v) is 5.11. The van der Waals surface area contributed by atoms with Gasteiger partial charge in [-0.05, 0) is 67.6 Å². The third kappa shape index (κ3) is 4.98. The fourth-order valence-electron chi connectivity index (χ4n) is 3.47. The van der Waals surface area contributed by atoms with Crippen LogP contribution in [0.4, 0.5) is 10.5 Å². The molecule has 0 atom stereocenters. The number of hydrazone groups is 1. The highest BCUT2D eigenvalue weighted by atomic mass is 16.2. The van der Waals surface area contributed by atoms with Gasteiger partial charge in [0.05, 0.1) is 6.21 Å². The maximum atomic E-state index is 12.1. The van der Waals surface area contributed by atoms with Gasteiger partial charge in [0.15, 0.2) is 0 Å². The summed E-state index contributed by atoms with van der Waals surface area (Å²) in [5.74, 6) is 0. The van der Waals surface area contributed by atoms with Crippen molar-refractivity contribution in [3.05, 3.63) is 82.7 Å². The second-order valence-corrected chi connectivity index (χ2v) is 8.65. The van der Waals surface area contributed by atoms with Crippen LogP contribution in [0.25, 0.3) is 5.69 Å². The van der Waals surface area contributed by atoms with Crippen molar-refractivity contribution < 1.29 is 4.79 Å². The van der Waals surface area contributed by atoms with Crippen molar-refractivity contribution in [3.63, 3.8) is 0 Å². The summed E-state index contributed by atoms with van der Waals surface area (Å²) in [6.45, 7) is 12.7. The quantitative estimate of drug-likeness (QED) is 0.417. The number of anilines is 1. The number of aromatic nitrogens is 1. The van der Waals surface area contributed by atoms with E-state index in [9.17, 15) is 4.79 Å². The van der Waals surface area contributed by atoms with Crippen molar-refractivity contribution in [1.29, 1.82) is 0 Å². The lowest BCUT2D eigenvalue weighted by Gasteiger charge is -2.20. The molecule has 3 aromatic rings. The molecule has 0 fully saturated rings. The number of benzene rings is 2. The van der Waals surface area contributed by atoms with E-state index in [0.717, 1.165) is 33.9 Å². The van der Waals surface area contributed by atoms with Crippen LogP contribution in [0.15, 0.2) is 59.7 Å². The van der Waals surface area contributed by atoms with Crippen LogP contribution in [0.1, 0.15) is 48.8 Å². The maximum absolute atomic E-state index is 12.1. The van der Waals surface area contributed by atoms with Gasteiger partial charge in [-0.25, -0.2) is 10.2 Å². The van der Waals surface area contributed by atoms with Gasteiger partial charge in [0.2, 0.25) is 0 Å². The van der Waals surface area contributed by atoms with Gasteiger partial charge in [0.1, 0.15) is 0 Å². The molecule has 0 saturated carbocycles. The SMILES string of the molecule is Cc1cccc(NC(=O)N/N=C/c2cc(C)n(-c3ccc(C(C)(C)C)cc3)c2C)c1. The minimum Gasteiger partial charge on any atom is -0.318 e. The molecule has 30 heavy (non-hydrogen) atoms. The highest BCUT2D eigenvalue weighted by Crippen LogP contribution is 2.25. The molecule has 0 spiro atoms. The van der Waals surface area contributed by atoms with Crippen LogP contribution in [0.5, 0.6) is 0 Å². The normalized spacial score (nSPS) is 11.7. The number of nitrogens with one attached hydrogen (secondary N) is 2. The molecule has 2 amide bonds. The topological polar surface area (TPSA) is 58.4 Å². The van der Waals surface area contributed by atoms with Gasteiger partial charge in [-0.3, -0.25) is 0 Å². The number of nitrogens with zero attached hydrogens (tertiary/aromatic N) is 2. The van der Waals surface area contributed by atoms with E-state index in [1.165, 1.54) is 5.56 Å². The van der Waals surface area contributed by atoms with Gasteiger partial charge in [-0.1, -0.05) is 45.0 Å². The van der Waals surface area contributed by atoms with Crippen molar-refractivity contribution in [2.75, 3.05) is 5.32 Å². The van der Waals surface area contributed by atoms with Crippen LogP contribution in [-0.2, 0) is 5.41 Å². The van der Waals surface area contributed by atoms with Gasteiger partial charge < -0.3 is 9.88 Å². The van der Waals surface area contributed by atoms with E-state index in [2.05, 4.69) is 85.4 Å². The Morgan fingerprint density at radius 3 is 2.33 bits per heavy atom. The Morgan fingerprint density at radius 1 is 1.00 bits per heavy atom. The summed E-state index contributed by atoms with van der Waals surface area (Å²) in [7, 11) is 0.